The largest absolute Gasteiger partial charge is 0.481 e. The summed E-state index contributed by atoms with van der Waals surface area (Å²) in [5.41, 5.74) is 9.21. The van der Waals surface area contributed by atoms with Crippen molar-refractivity contribution in [2.24, 2.45) is 0 Å². The summed E-state index contributed by atoms with van der Waals surface area (Å²) in [7, 11) is 0. The number of amides is 1. The predicted octanol–water partition coefficient (Wildman–Crippen LogP) is 1.85. The summed E-state index contributed by atoms with van der Waals surface area (Å²) in [4.78, 5) is 27.8. The van der Waals surface area contributed by atoms with Gasteiger partial charge in [-0.3, -0.25) is 14.6 Å². The molecule has 14 nitrogen and oxygen atoms in total. The van der Waals surface area contributed by atoms with Gasteiger partial charge in [0, 0.05) is 77.6 Å². The number of carbonyl (C=O) groups is 1. The number of fused-ring (bicyclic) bond motifs is 3. The summed E-state index contributed by atoms with van der Waals surface area (Å²) >= 11 is 0. The molecule has 5 aromatic rings. The van der Waals surface area contributed by atoms with Crippen molar-refractivity contribution >= 4 is 34.2 Å². The number of hydrogen-bond donors (Lipinski definition) is 2. The zero-order valence-electron chi connectivity index (χ0n) is 25.8. The Labute approximate surface area is 268 Å². The second kappa shape index (κ2) is 13.5. The van der Waals surface area contributed by atoms with Gasteiger partial charge in [0.2, 0.25) is 5.95 Å². The lowest BCUT2D eigenvalue weighted by Crippen LogP contribution is -2.47. The van der Waals surface area contributed by atoms with Crippen molar-refractivity contribution < 1.29 is 27.5 Å². The van der Waals surface area contributed by atoms with Gasteiger partial charge >= 0.3 is 0 Å². The number of hydrogen-bond acceptors (Lipinski definition) is 11. The molecule has 2 aliphatic heterocycles. The van der Waals surface area contributed by atoms with Gasteiger partial charge in [0.25, 0.3) is 5.91 Å². The zero-order chi connectivity index (χ0) is 32.3. The molecule has 16 heteroatoms. The normalized spacial score (nSPS) is 16.3. The third-order valence-electron chi connectivity index (χ3n) is 8.56. The molecule has 2 aliphatic rings. The lowest BCUT2D eigenvalue weighted by molar-refractivity contribution is -0.123. The first kappa shape index (κ1) is 30.8. The molecule has 1 amide bonds. The second-order valence-corrected chi connectivity index (χ2v) is 11.5. The number of rotatable bonds is 11. The van der Waals surface area contributed by atoms with Gasteiger partial charge in [0.1, 0.15) is 22.5 Å². The maximum atomic E-state index is 14.9. The minimum Gasteiger partial charge on any atom is -0.481 e. The van der Waals surface area contributed by atoms with Crippen molar-refractivity contribution in [3.8, 4) is 17.2 Å². The van der Waals surface area contributed by atoms with E-state index in [9.17, 15) is 13.6 Å². The number of nitrogens with zero attached hydrogens (tertiary/aromatic N) is 8. The third-order valence-corrected chi connectivity index (χ3v) is 8.56. The average molecular weight is 651 g/mol. The molecule has 0 aliphatic carbocycles. The molecule has 7 rings (SSSR count). The van der Waals surface area contributed by atoms with Gasteiger partial charge in [0.15, 0.2) is 29.6 Å². The van der Waals surface area contributed by atoms with Gasteiger partial charge in [0.05, 0.1) is 31.5 Å². The summed E-state index contributed by atoms with van der Waals surface area (Å²) < 4.78 is 49.2. The van der Waals surface area contributed by atoms with Gasteiger partial charge in [-0.25, -0.2) is 13.8 Å². The Hall–Kier alpha value is -4.80. The Bertz CT molecular complexity index is 1850. The van der Waals surface area contributed by atoms with Crippen molar-refractivity contribution in [2.75, 3.05) is 89.4 Å². The fourth-order valence-electron chi connectivity index (χ4n) is 5.97. The summed E-state index contributed by atoms with van der Waals surface area (Å²) in [5.74, 6) is -1.17. The smallest absolute Gasteiger partial charge is 0.257 e. The van der Waals surface area contributed by atoms with E-state index in [0.717, 1.165) is 24.7 Å². The van der Waals surface area contributed by atoms with E-state index in [1.165, 1.54) is 6.07 Å². The monoisotopic (exact) mass is 650 g/mol. The molecule has 4 aromatic heterocycles. The fourth-order valence-corrected chi connectivity index (χ4v) is 5.97. The molecule has 0 spiro atoms. The van der Waals surface area contributed by atoms with E-state index in [2.05, 4.69) is 30.2 Å². The highest BCUT2D eigenvalue weighted by Gasteiger charge is 2.23. The molecule has 2 saturated heterocycles. The number of ether oxygens (including phenoxy) is 2. The summed E-state index contributed by atoms with van der Waals surface area (Å²) in [5, 5.41) is 7.30. The molecule has 0 bridgehead atoms. The number of nitrogen functional groups attached to an aromatic ring is 1. The quantitative estimate of drug-likeness (QED) is 0.216. The van der Waals surface area contributed by atoms with Crippen LogP contribution in [0.1, 0.15) is 0 Å². The molecule has 0 atom stereocenters. The van der Waals surface area contributed by atoms with Crippen LogP contribution in [0.3, 0.4) is 0 Å². The molecule has 2 fully saturated rings. The molecule has 0 unspecified atom stereocenters. The number of carbonyl (C=O) groups excluding carboxylic acids is 1. The number of anilines is 2. The van der Waals surface area contributed by atoms with Gasteiger partial charge in [-0.05, 0) is 18.2 Å². The molecule has 0 radical (unpaired) electrons. The number of aromatic nitrogens is 5. The Kier molecular flexibility index (Phi) is 8.86. The molecule has 0 saturated carbocycles. The third kappa shape index (κ3) is 6.70. The first-order chi connectivity index (χ1) is 22.9. The number of benzene rings is 1. The van der Waals surface area contributed by atoms with Crippen LogP contribution in [0, 0.1) is 11.6 Å². The van der Waals surface area contributed by atoms with Crippen LogP contribution in [0.25, 0.3) is 28.1 Å². The number of imidazole rings is 1. The van der Waals surface area contributed by atoms with Gasteiger partial charge < -0.3 is 34.4 Å². The maximum Gasteiger partial charge on any atom is 0.257 e. The first-order valence-electron chi connectivity index (χ1n) is 15.6. The highest BCUT2D eigenvalue weighted by Crippen LogP contribution is 2.29. The Balaban J connectivity index is 0.927. The summed E-state index contributed by atoms with van der Waals surface area (Å²) in [6.07, 6.45) is 3.33. The standard InChI is InChI=1S/C31H36F2N10O4/c32-21-16-22(33)27(47-19-28(44)35-3-4-39-11-14-45-15-12-39)18-24(21)41-8-5-40(6-9-41)7-10-42-20-36-29-25-17-23(26-2-1-13-46-26)38-43(25)31(34)37-30(29)42/h1-2,13,16-18,20H,3-12,14-15,19H2,(H2,34,37)(H,35,44). The Morgan fingerprint density at radius 1 is 1.00 bits per heavy atom. The highest BCUT2D eigenvalue weighted by molar-refractivity contribution is 5.90. The number of nitrogens with two attached hydrogens (primary N) is 1. The molecular weight excluding hydrogens is 614 g/mol. The van der Waals surface area contributed by atoms with Crippen LogP contribution < -0.4 is 20.7 Å². The summed E-state index contributed by atoms with van der Waals surface area (Å²) in [6, 6.07) is 7.65. The zero-order valence-corrected chi connectivity index (χ0v) is 25.8. The van der Waals surface area contributed by atoms with Crippen molar-refractivity contribution in [2.45, 2.75) is 6.54 Å². The minimum atomic E-state index is -0.849. The summed E-state index contributed by atoms with van der Waals surface area (Å²) in [6.45, 7) is 7.53. The van der Waals surface area contributed by atoms with Crippen molar-refractivity contribution in [3.05, 3.63) is 54.6 Å². The van der Waals surface area contributed by atoms with Crippen LogP contribution in [0.4, 0.5) is 20.4 Å². The Morgan fingerprint density at radius 3 is 2.60 bits per heavy atom. The lowest BCUT2D eigenvalue weighted by atomic mass is 10.2. The van der Waals surface area contributed by atoms with Crippen molar-refractivity contribution in [1.29, 1.82) is 0 Å². The Morgan fingerprint density at radius 2 is 1.81 bits per heavy atom. The molecular formula is C31H36F2N10O4. The van der Waals surface area contributed by atoms with Crippen LogP contribution in [-0.2, 0) is 16.1 Å². The second-order valence-electron chi connectivity index (χ2n) is 11.5. The molecule has 6 heterocycles. The maximum absolute atomic E-state index is 14.9. The number of furan rings is 1. The minimum absolute atomic E-state index is 0.158. The van der Waals surface area contributed by atoms with E-state index in [-0.39, 0.29) is 29.9 Å². The van der Waals surface area contributed by atoms with E-state index in [4.69, 9.17) is 19.6 Å². The predicted molar refractivity (Wildman–Crippen MR) is 169 cm³/mol. The van der Waals surface area contributed by atoms with Crippen LogP contribution in [0.2, 0.25) is 0 Å². The van der Waals surface area contributed by atoms with E-state index in [1.807, 2.05) is 21.6 Å². The van der Waals surface area contributed by atoms with Crippen LogP contribution >= 0.6 is 0 Å². The fraction of sp³-hybridized carbons (Fsp3) is 0.419. The molecule has 1 aromatic carbocycles. The van der Waals surface area contributed by atoms with E-state index in [0.29, 0.717) is 88.2 Å². The van der Waals surface area contributed by atoms with Crippen molar-refractivity contribution in [1.82, 2.24) is 39.3 Å². The number of morpholine rings is 1. The van der Waals surface area contributed by atoms with Crippen LogP contribution in [0.5, 0.6) is 5.75 Å². The van der Waals surface area contributed by atoms with E-state index in [1.54, 1.807) is 23.2 Å². The van der Waals surface area contributed by atoms with E-state index >= 15 is 0 Å². The van der Waals surface area contributed by atoms with Gasteiger partial charge in [-0.1, -0.05) is 0 Å². The lowest BCUT2D eigenvalue weighted by Gasteiger charge is -2.36. The van der Waals surface area contributed by atoms with Crippen molar-refractivity contribution in [3.63, 3.8) is 0 Å². The number of nitrogens with one attached hydrogen (secondary N) is 1. The molecule has 3 N–H and O–H groups in total. The van der Waals surface area contributed by atoms with Crippen LogP contribution in [0.15, 0.2) is 47.3 Å². The topological polar surface area (TPSA) is 144 Å². The molecule has 47 heavy (non-hydrogen) atoms. The van der Waals surface area contributed by atoms with Crippen LogP contribution in [-0.4, -0.2) is 119 Å². The van der Waals surface area contributed by atoms with Gasteiger partial charge in [-0.15, -0.1) is 0 Å². The van der Waals surface area contributed by atoms with E-state index < -0.39 is 11.6 Å². The number of halogens is 2. The molecule has 248 valence electrons. The van der Waals surface area contributed by atoms with Gasteiger partial charge in [-0.2, -0.15) is 14.6 Å². The average Bonchev–Trinajstić information content (AvgIpc) is 3.85. The highest BCUT2D eigenvalue weighted by atomic mass is 19.1. The number of piperazine rings is 1. The SMILES string of the molecule is Nc1nc2c(ncn2CCN2CCN(c3cc(OCC(=O)NCCN4CCOCC4)c(F)cc3F)CC2)c2cc(-c3ccco3)nn12. The first-order valence-corrected chi connectivity index (χ1v) is 15.6.